The van der Waals surface area contributed by atoms with E-state index < -0.39 is 0 Å². The third kappa shape index (κ3) is 5.92. The molecule has 0 spiro atoms. The van der Waals surface area contributed by atoms with Gasteiger partial charge in [-0.05, 0) is 25.8 Å². The van der Waals surface area contributed by atoms with Crippen LogP contribution in [0.2, 0.25) is 0 Å². The molecular formula is C12H27NS. The highest BCUT2D eigenvalue weighted by molar-refractivity contribution is 8.00. The first-order valence-corrected chi connectivity index (χ1v) is 6.82. The van der Waals surface area contributed by atoms with E-state index in [0.29, 0.717) is 11.3 Å². The monoisotopic (exact) mass is 217 g/mol. The summed E-state index contributed by atoms with van der Waals surface area (Å²) >= 11 is 2.10. The molecule has 0 aliphatic rings. The van der Waals surface area contributed by atoms with Gasteiger partial charge in [0, 0.05) is 16.5 Å². The van der Waals surface area contributed by atoms with Gasteiger partial charge >= 0.3 is 0 Å². The van der Waals surface area contributed by atoms with E-state index in [4.69, 9.17) is 0 Å². The zero-order valence-electron chi connectivity index (χ0n) is 10.6. The summed E-state index contributed by atoms with van der Waals surface area (Å²) in [6.07, 6.45) is 1.22. The second-order valence-electron chi connectivity index (χ2n) is 4.53. The van der Waals surface area contributed by atoms with Crippen LogP contribution in [0, 0.1) is 5.92 Å². The molecule has 0 aromatic carbocycles. The van der Waals surface area contributed by atoms with Crippen molar-refractivity contribution < 1.29 is 0 Å². The van der Waals surface area contributed by atoms with Crippen LogP contribution in [-0.2, 0) is 0 Å². The highest BCUT2D eigenvalue weighted by Crippen LogP contribution is 2.25. The highest BCUT2D eigenvalue weighted by Gasteiger charge is 2.16. The van der Waals surface area contributed by atoms with Crippen LogP contribution in [0.5, 0.6) is 0 Å². The molecule has 3 unspecified atom stereocenters. The molecule has 0 bridgehead atoms. The number of hydrogen-bond donors (Lipinski definition) is 1. The van der Waals surface area contributed by atoms with Gasteiger partial charge in [0.1, 0.15) is 0 Å². The molecule has 0 fully saturated rings. The quantitative estimate of drug-likeness (QED) is 0.700. The third-order valence-electron chi connectivity index (χ3n) is 2.79. The Morgan fingerprint density at radius 1 is 1.00 bits per heavy atom. The Labute approximate surface area is 94.4 Å². The lowest BCUT2D eigenvalue weighted by atomic mass is 10.2. The van der Waals surface area contributed by atoms with E-state index in [2.05, 4.69) is 58.6 Å². The smallest absolute Gasteiger partial charge is 0.0172 e. The summed E-state index contributed by atoms with van der Waals surface area (Å²) in [6, 6.07) is 0.626. The van der Waals surface area contributed by atoms with Crippen LogP contribution in [-0.4, -0.2) is 23.1 Å². The van der Waals surface area contributed by atoms with Gasteiger partial charge in [-0.25, -0.2) is 0 Å². The first-order chi connectivity index (χ1) is 6.49. The van der Waals surface area contributed by atoms with Crippen molar-refractivity contribution in [1.82, 2.24) is 5.32 Å². The SMILES string of the molecule is CCCNC(C)C(C)SC(C)C(C)C. The van der Waals surface area contributed by atoms with Crippen LogP contribution >= 0.6 is 11.8 Å². The average Bonchev–Trinajstić information content (AvgIpc) is 2.13. The van der Waals surface area contributed by atoms with E-state index in [0.717, 1.165) is 17.7 Å². The minimum absolute atomic E-state index is 0.626. The minimum Gasteiger partial charge on any atom is -0.313 e. The summed E-state index contributed by atoms with van der Waals surface area (Å²) in [7, 11) is 0. The summed E-state index contributed by atoms with van der Waals surface area (Å²) < 4.78 is 0. The van der Waals surface area contributed by atoms with E-state index in [9.17, 15) is 0 Å². The van der Waals surface area contributed by atoms with Gasteiger partial charge in [-0.3, -0.25) is 0 Å². The molecule has 0 saturated carbocycles. The molecule has 0 heterocycles. The Morgan fingerprint density at radius 3 is 2.00 bits per heavy atom. The molecule has 1 nitrogen and oxygen atoms in total. The van der Waals surface area contributed by atoms with Gasteiger partial charge in [0.2, 0.25) is 0 Å². The maximum Gasteiger partial charge on any atom is 0.0172 e. The van der Waals surface area contributed by atoms with Crippen LogP contribution in [0.15, 0.2) is 0 Å². The Balaban J connectivity index is 3.76. The van der Waals surface area contributed by atoms with Crippen molar-refractivity contribution in [2.24, 2.45) is 5.92 Å². The van der Waals surface area contributed by atoms with Crippen molar-refractivity contribution in [1.29, 1.82) is 0 Å². The van der Waals surface area contributed by atoms with Crippen molar-refractivity contribution in [3.8, 4) is 0 Å². The van der Waals surface area contributed by atoms with Crippen LogP contribution < -0.4 is 5.32 Å². The van der Waals surface area contributed by atoms with E-state index in [-0.39, 0.29) is 0 Å². The molecule has 0 aliphatic carbocycles. The molecule has 0 aliphatic heterocycles. The Kier molecular flexibility index (Phi) is 7.75. The second kappa shape index (κ2) is 7.58. The third-order valence-corrected chi connectivity index (χ3v) is 4.60. The maximum absolute atomic E-state index is 3.56. The molecule has 14 heavy (non-hydrogen) atoms. The first-order valence-electron chi connectivity index (χ1n) is 5.87. The van der Waals surface area contributed by atoms with E-state index in [1.54, 1.807) is 0 Å². The minimum atomic E-state index is 0.626. The standard InChI is InChI=1S/C12H27NS/c1-7-8-13-10(4)12(6)14-11(5)9(2)3/h9-13H,7-8H2,1-6H3. The van der Waals surface area contributed by atoms with Crippen LogP contribution in [0.3, 0.4) is 0 Å². The van der Waals surface area contributed by atoms with Gasteiger partial charge < -0.3 is 5.32 Å². The molecule has 0 saturated heterocycles. The van der Waals surface area contributed by atoms with Gasteiger partial charge in [-0.1, -0.05) is 34.6 Å². The first kappa shape index (κ1) is 14.3. The summed E-state index contributed by atoms with van der Waals surface area (Å²) in [5.74, 6) is 0.779. The molecule has 0 aromatic rings. The molecule has 86 valence electrons. The predicted molar refractivity (Wildman–Crippen MR) is 69.1 cm³/mol. The van der Waals surface area contributed by atoms with E-state index in [1.165, 1.54) is 6.42 Å². The van der Waals surface area contributed by atoms with Crippen molar-refractivity contribution in [2.75, 3.05) is 6.54 Å². The Hall–Kier alpha value is 0.310. The molecule has 0 aromatic heterocycles. The lowest BCUT2D eigenvalue weighted by Gasteiger charge is -2.25. The molecular weight excluding hydrogens is 190 g/mol. The summed E-state index contributed by atoms with van der Waals surface area (Å²) in [5.41, 5.74) is 0. The van der Waals surface area contributed by atoms with Gasteiger partial charge in [0.15, 0.2) is 0 Å². The van der Waals surface area contributed by atoms with Gasteiger partial charge in [-0.2, -0.15) is 11.8 Å². The predicted octanol–water partition coefficient (Wildman–Crippen LogP) is 3.54. The van der Waals surface area contributed by atoms with E-state index in [1.807, 2.05) is 0 Å². The lowest BCUT2D eigenvalue weighted by molar-refractivity contribution is 0.538. The Morgan fingerprint density at radius 2 is 1.57 bits per heavy atom. The number of thioether (sulfide) groups is 1. The van der Waals surface area contributed by atoms with Gasteiger partial charge in [-0.15, -0.1) is 0 Å². The molecule has 0 amide bonds. The van der Waals surface area contributed by atoms with Crippen LogP contribution in [0.1, 0.15) is 48.0 Å². The second-order valence-corrected chi connectivity index (χ2v) is 6.29. The van der Waals surface area contributed by atoms with Crippen molar-refractivity contribution in [3.63, 3.8) is 0 Å². The summed E-state index contributed by atoms with van der Waals surface area (Å²) in [6.45, 7) is 14.9. The molecule has 3 atom stereocenters. The molecule has 1 N–H and O–H groups in total. The Bertz CT molecular complexity index is 136. The zero-order chi connectivity index (χ0) is 11.1. The zero-order valence-corrected chi connectivity index (χ0v) is 11.4. The number of rotatable bonds is 7. The van der Waals surface area contributed by atoms with Gasteiger partial charge in [0.05, 0.1) is 0 Å². The average molecular weight is 217 g/mol. The molecule has 2 heteroatoms. The van der Waals surface area contributed by atoms with Crippen molar-refractivity contribution in [3.05, 3.63) is 0 Å². The van der Waals surface area contributed by atoms with Crippen molar-refractivity contribution in [2.45, 2.75) is 64.5 Å². The summed E-state index contributed by atoms with van der Waals surface area (Å²) in [4.78, 5) is 0. The van der Waals surface area contributed by atoms with Gasteiger partial charge in [0.25, 0.3) is 0 Å². The fourth-order valence-electron chi connectivity index (χ4n) is 1.15. The largest absolute Gasteiger partial charge is 0.313 e. The fourth-order valence-corrected chi connectivity index (χ4v) is 2.47. The van der Waals surface area contributed by atoms with Crippen LogP contribution in [0.25, 0.3) is 0 Å². The fraction of sp³-hybridized carbons (Fsp3) is 1.00. The highest BCUT2D eigenvalue weighted by atomic mass is 32.2. The normalized spacial score (nSPS) is 18.2. The molecule has 0 rings (SSSR count). The maximum atomic E-state index is 3.56. The van der Waals surface area contributed by atoms with Crippen molar-refractivity contribution >= 4 is 11.8 Å². The lowest BCUT2D eigenvalue weighted by Crippen LogP contribution is -2.35. The molecule has 0 radical (unpaired) electrons. The number of hydrogen-bond acceptors (Lipinski definition) is 2. The number of nitrogens with one attached hydrogen (secondary N) is 1. The van der Waals surface area contributed by atoms with Crippen LogP contribution in [0.4, 0.5) is 0 Å². The van der Waals surface area contributed by atoms with E-state index >= 15 is 0 Å². The summed E-state index contributed by atoms with van der Waals surface area (Å²) in [5, 5.41) is 5.02. The topological polar surface area (TPSA) is 12.0 Å².